The summed E-state index contributed by atoms with van der Waals surface area (Å²) in [5.41, 5.74) is 0. The molecular weight excluding hydrogens is 352 g/mol. The van der Waals surface area contributed by atoms with Crippen LogP contribution in [-0.2, 0) is 35.0 Å². The maximum absolute atomic E-state index is 8.66. The number of phosphoric acid groups is 1. The molecule has 0 heterocycles. The summed E-state index contributed by atoms with van der Waals surface area (Å²) in [6.45, 7) is 0. The normalized spacial score (nSPS) is 8.50. The Morgan fingerprint density at radius 3 is 1.30 bits per heavy atom. The van der Waals surface area contributed by atoms with Crippen molar-refractivity contribution < 1.29 is 59.4 Å². The van der Waals surface area contributed by atoms with Crippen molar-refractivity contribution in [1.29, 1.82) is 0 Å². The van der Waals surface area contributed by atoms with Gasteiger partial charge in [0, 0.05) is 0 Å². The van der Waals surface area contributed by atoms with E-state index in [4.69, 9.17) is 33.6 Å². The van der Waals surface area contributed by atoms with Crippen LogP contribution >= 0.6 is 16.1 Å². The van der Waals surface area contributed by atoms with E-state index >= 15 is 0 Å². The third kappa shape index (κ3) is 576. The molecule has 0 saturated carbocycles. The summed E-state index contributed by atoms with van der Waals surface area (Å²) in [6, 6.07) is 0. The zero-order valence-corrected chi connectivity index (χ0v) is 9.67. The van der Waals surface area contributed by atoms with Crippen LogP contribution < -0.4 is 19.6 Å². The Kier molecular flexibility index (Phi) is 13.9. The first-order valence-electron chi connectivity index (χ1n) is 1.30. The summed E-state index contributed by atoms with van der Waals surface area (Å²) < 4.78 is 17.1. The van der Waals surface area contributed by atoms with Gasteiger partial charge in [-0.25, -0.2) is 0 Å². The van der Waals surface area contributed by atoms with E-state index in [0.29, 0.717) is 0 Å². The van der Waals surface area contributed by atoms with Gasteiger partial charge in [0.25, 0.3) is 8.25 Å². The van der Waals surface area contributed by atoms with Crippen molar-refractivity contribution in [3.8, 4) is 0 Å². The van der Waals surface area contributed by atoms with Crippen molar-refractivity contribution in [2.75, 3.05) is 0 Å². The molecule has 0 aromatic heterocycles. The fourth-order valence-corrected chi connectivity index (χ4v) is 0. The molecular formula is HHfO7P2+. The molecule has 10 heteroatoms. The molecule has 0 aromatic carbocycles. The van der Waals surface area contributed by atoms with E-state index in [2.05, 4.69) is 0 Å². The van der Waals surface area contributed by atoms with Crippen LogP contribution in [0.4, 0.5) is 0 Å². The molecule has 0 aliphatic heterocycles. The fourth-order valence-electron chi connectivity index (χ4n) is 0. The molecule has 0 atom stereocenters. The summed E-state index contributed by atoms with van der Waals surface area (Å²) in [5.74, 6) is 0. The second-order valence-electron chi connectivity index (χ2n) is 0.692. The van der Waals surface area contributed by atoms with Crippen LogP contribution in [0.25, 0.3) is 0 Å². The molecule has 1 N–H and O–H groups in total. The van der Waals surface area contributed by atoms with Crippen LogP contribution in [0, 0.1) is 0 Å². The van der Waals surface area contributed by atoms with Gasteiger partial charge in [-0.15, -0.1) is 0 Å². The van der Waals surface area contributed by atoms with Crippen molar-refractivity contribution in [3.05, 3.63) is 0 Å². The second kappa shape index (κ2) is 8.10. The Labute approximate surface area is 75.7 Å². The second-order valence-corrected chi connectivity index (χ2v) is 2.08. The Balaban J connectivity index is -0.0000000910. The van der Waals surface area contributed by atoms with Crippen LogP contribution in [0.5, 0.6) is 0 Å². The zero-order valence-electron chi connectivity index (χ0n) is 4.29. The van der Waals surface area contributed by atoms with Crippen LogP contribution in [-0.4, -0.2) is 4.89 Å². The summed E-state index contributed by atoms with van der Waals surface area (Å²) in [6.07, 6.45) is 0. The van der Waals surface area contributed by atoms with E-state index < -0.39 is 16.1 Å². The molecule has 0 aliphatic rings. The molecule has 0 saturated heterocycles. The molecule has 0 aromatic rings. The van der Waals surface area contributed by atoms with Crippen molar-refractivity contribution in [2.45, 2.75) is 0 Å². The molecule has 0 radical (unpaired) electrons. The van der Waals surface area contributed by atoms with Gasteiger partial charge < -0.3 is 29.0 Å². The van der Waals surface area contributed by atoms with E-state index in [1.54, 1.807) is 0 Å². The molecule has 0 unspecified atom stereocenters. The van der Waals surface area contributed by atoms with Crippen molar-refractivity contribution >= 4 is 16.1 Å². The van der Waals surface area contributed by atoms with Crippen molar-refractivity contribution in [3.63, 3.8) is 0 Å². The average molecular weight is 353 g/mol. The van der Waals surface area contributed by atoms with Gasteiger partial charge >= 0.3 is 25.8 Å². The number of hydrogen-bond donors (Lipinski definition) is 1. The Bertz CT molecular complexity index is 111. The Morgan fingerprint density at radius 2 is 1.30 bits per heavy atom. The third-order valence-electron chi connectivity index (χ3n) is 0. The Morgan fingerprint density at radius 1 is 1.30 bits per heavy atom. The van der Waals surface area contributed by atoms with E-state index in [1.807, 2.05) is 0 Å². The standard InChI is InChI=1S/Hf.H3O4P.HO3P/c;1-5(2,3)4;1-4(2)3/h;(H3,1,2,3,4);(H,1,2,3)/q+4;;/p-3. The topological polar surface area (TPSA) is 147 Å². The predicted molar refractivity (Wildman–Crippen MR) is 17.4 cm³/mol. The van der Waals surface area contributed by atoms with Gasteiger partial charge in [0.05, 0.1) is 7.82 Å². The van der Waals surface area contributed by atoms with E-state index in [-0.39, 0.29) is 25.8 Å². The fraction of sp³-hybridized carbons (Fsp3) is 0. The maximum Gasteiger partial charge on any atom is 4.00 e. The van der Waals surface area contributed by atoms with Gasteiger partial charge in [0.15, 0.2) is 0 Å². The first-order valence-corrected chi connectivity index (χ1v) is 3.89. The van der Waals surface area contributed by atoms with E-state index in [9.17, 15) is 0 Å². The molecule has 0 bridgehead atoms. The molecule has 0 aliphatic carbocycles. The number of hydrogen-bond acceptors (Lipinski definition) is 6. The van der Waals surface area contributed by atoms with Crippen LogP contribution in [0.15, 0.2) is 0 Å². The van der Waals surface area contributed by atoms with Gasteiger partial charge in [-0.3, -0.25) is 0 Å². The molecule has 56 valence electrons. The molecule has 0 amide bonds. The van der Waals surface area contributed by atoms with Crippen molar-refractivity contribution in [2.24, 2.45) is 0 Å². The van der Waals surface area contributed by atoms with E-state index in [0.717, 1.165) is 0 Å². The molecule has 10 heavy (non-hydrogen) atoms. The van der Waals surface area contributed by atoms with Crippen LogP contribution in [0.3, 0.4) is 0 Å². The molecule has 7 nitrogen and oxygen atoms in total. The summed E-state index contributed by atoms with van der Waals surface area (Å²) in [5, 5.41) is 0. The van der Waals surface area contributed by atoms with Gasteiger partial charge in [-0.1, -0.05) is 4.57 Å². The maximum atomic E-state index is 8.66. The minimum Gasteiger partial charge on any atom is -0.790 e. The SMILES string of the molecule is O=P([O-])([O-])O.O=[P+]([O-])[O-].[Hf+4]. The van der Waals surface area contributed by atoms with Crippen LogP contribution in [0.2, 0.25) is 0 Å². The summed E-state index contributed by atoms with van der Waals surface area (Å²) in [7, 11) is -8.51. The number of rotatable bonds is 0. The van der Waals surface area contributed by atoms with Crippen molar-refractivity contribution in [1.82, 2.24) is 0 Å². The summed E-state index contributed by atoms with van der Waals surface area (Å²) in [4.78, 5) is 41.2. The van der Waals surface area contributed by atoms with Crippen LogP contribution in [0.1, 0.15) is 0 Å². The quantitative estimate of drug-likeness (QED) is 0.346. The minimum absolute atomic E-state index is 0. The smallest absolute Gasteiger partial charge is 0.790 e. The predicted octanol–water partition coefficient (Wildman–Crippen LogP) is -3.83. The first-order chi connectivity index (χ1) is 3.73. The van der Waals surface area contributed by atoms with Gasteiger partial charge in [0.1, 0.15) is 0 Å². The molecule has 0 spiro atoms. The third-order valence-corrected chi connectivity index (χ3v) is 0. The zero-order chi connectivity index (χ0) is 8.08. The molecule has 0 fully saturated rings. The Hall–Kier alpha value is 1.00. The van der Waals surface area contributed by atoms with Gasteiger partial charge in [-0.05, 0) is 0 Å². The monoisotopic (exact) mass is 355 g/mol. The van der Waals surface area contributed by atoms with E-state index in [1.165, 1.54) is 0 Å². The average Bonchev–Trinajstić information content (AvgIpc) is 1.19. The summed E-state index contributed by atoms with van der Waals surface area (Å²) >= 11 is 0. The van der Waals surface area contributed by atoms with Gasteiger partial charge in [0.2, 0.25) is 0 Å². The molecule has 0 rings (SSSR count). The van der Waals surface area contributed by atoms with Gasteiger partial charge in [-0.2, -0.15) is 0 Å². The first kappa shape index (κ1) is 17.2. The minimum atomic E-state index is -5.14. The largest absolute Gasteiger partial charge is 4.00 e.